The number of methoxy groups -OCH3 is 1. The Bertz CT molecular complexity index is 598. The predicted octanol–water partition coefficient (Wildman–Crippen LogP) is 4.50. The largest absolute Gasteiger partial charge is 0.383 e. The number of benzene rings is 1. The first-order chi connectivity index (χ1) is 10.0. The molecular formula is C15H18BrClN2OS. The minimum Gasteiger partial charge on any atom is -0.383 e. The first kappa shape index (κ1) is 16.9. The van der Waals surface area contributed by atoms with Gasteiger partial charge in [0.15, 0.2) is 0 Å². The van der Waals surface area contributed by atoms with Gasteiger partial charge in [0.25, 0.3) is 0 Å². The van der Waals surface area contributed by atoms with Crippen molar-refractivity contribution in [2.45, 2.75) is 19.9 Å². The summed E-state index contributed by atoms with van der Waals surface area (Å²) in [6.07, 6.45) is 0. The van der Waals surface area contributed by atoms with Gasteiger partial charge in [0, 0.05) is 28.0 Å². The molecule has 0 aliphatic rings. The number of halogens is 2. The summed E-state index contributed by atoms with van der Waals surface area (Å²) in [6, 6.07) is 5.88. The van der Waals surface area contributed by atoms with Crippen LogP contribution in [0, 0.1) is 13.8 Å². The maximum absolute atomic E-state index is 6.04. The summed E-state index contributed by atoms with van der Waals surface area (Å²) in [4.78, 5) is 5.93. The average molecular weight is 390 g/mol. The lowest BCUT2D eigenvalue weighted by Gasteiger charge is -2.18. The van der Waals surface area contributed by atoms with Gasteiger partial charge in [0.2, 0.25) is 0 Å². The van der Waals surface area contributed by atoms with E-state index in [0.717, 1.165) is 27.3 Å². The number of rotatable bonds is 6. The Morgan fingerprint density at radius 2 is 2.19 bits per heavy atom. The predicted molar refractivity (Wildman–Crippen MR) is 92.5 cm³/mol. The van der Waals surface area contributed by atoms with Crippen LogP contribution in [0.1, 0.15) is 27.2 Å². The number of aromatic nitrogens is 1. The van der Waals surface area contributed by atoms with Crippen LogP contribution in [0.4, 0.5) is 0 Å². The lowest BCUT2D eigenvalue weighted by molar-refractivity contribution is 0.197. The van der Waals surface area contributed by atoms with Crippen LogP contribution in [0.2, 0.25) is 5.02 Å². The Morgan fingerprint density at radius 1 is 1.43 bits per heavy atom. The fourth-order valence-electron chi connectivity index (χ4n) is 1.99. The van der Waals surface area contributed by atoms with Crippen molar-refractivity contribution in [2.24, 2.45) is 0 Å². The van der Waals surface area contributed by atoms with E-state index in [9.17, 15) is 0 Å². The van der Waals surface area contributed by atoms with Crippen molar-refractivity contribution in [3.05, 3.63) is 48.8 Å². The molecule has 2 aromatic rings. The molecule has 0 bridgehead atoms. The van der Waals surface area contributed by atoms with E-state index in [1.165, 1.54) is 4.88 Å². The fourth-order valence-corrected chi connectivity index (χ4v) is 3.92. The molecule has 0 fully saturated rings. The number of hydrogen-bond donors (Lipinski definition) is 1. The van der Waals surface area contributed by atoms with Gasteiger partial charge < -0.3 is 10.1 Å². The zero-order valence-corrected chi connectivity index (χ0v) is 15.4. The van der Waals surface area contributed by atoms with Crippen molar-refractivity contribution < 1.29 is 4.74 Å². The molecule has 1 heterocycles. The molecule has 3 nitrogen and oxygen atoms in total. The van der Waals surface area contributed by atoms with Gasteiger partial charge in [-0.3, -0.25) is 0 Å². The van der Waals surface area contributed by atoms with Crippen LogP contribution in [0.5, 0.6) is 0 Å². The quantitative estimate of drug-likeness (QED) is 0.739. The van der Waals surface area contributed by atoms with E-state index in [-0.39, 0.29) is 6.04 Å². The molecule has 1 unspecified atom stereocenters. The number of nitrogens with one attached hydrogen (secondary N) is 1. The minimum absolute atomic E-state index is 0.0317. The van der Waals surface area contributed by atoms with Gasteiger partial charge >= 0.3 is 0 Å². The monoisotopic (exact) mass is 388 g/mol. The van der Waals surface area contributed by atoms with Crippen LogP contribution < -0.4 is 5.32 Å². The van der Waals surface area contributed by atoms with E-state index in [2.05, 4.69) is 28.2 Å². The Kier molecular flexibility index (Phi) is 6.20. The van der Waals surface area contributed by atoms with Crippen molar-refractivity contribution in [2.75, 3.05) is 20.3 Å². The standard InChI is InChI=1S/C15H18BrClN2OS/c1-9-10(2)21-15(19-9)14(18-6-7-20-3)12-5-4-11(17)8-13(12)16/h4-5,8,14,18H,6-7H2,1-3H3. The van der Waals surface area contributed by atoms with Gasteiger partial charge in [-0.15, -0.1) is 11.3 Å². The van der Waals surface area contributed by atoms with Crippen LogP contribution in [0.15, 0.2) is 22.7 Å². The smallest absolute Gasteiger partial charge is 0.115 e. The molecule has 0 aliphatic carbocycles. The molecule has 1 atom stereocenters. The first-order valence-corrected chi connectivity index (χ1v) is 8.63. The number of thiazole rings is 1. The van der Waals surface area contributed by atoms with E-state index >= 15 is 0 Å². The molecule has 0 spiro atoms. The molecule has 0 radical (unpaired) electrons. The van der Waals surface area contributed by atoms with E-state index < -0.39 is 0 Å². The van der Waals surface area contributed by atoms with E-state index in [4.69, 9.17) is 21.3 Å². The number of aryl methyl sites for hydroxylation is 2. The molecule has 0 saturated carbocycles. The molecule has 2 rings (SSSR count). The van der Waals surface area contributed by atoms with Gasteiger partial charge in [0.05, 0.1) is 18.3 Å². The first-order valence-electron chi connectivity index (χ1n) is 6.64. The third-order valence-corrected chi connectivity index (χ3v) is 5.28. The molecule has 0 amide bonds. The van der Waals surface area contributed by atoms with Crippen molar-refractivity contribution in [1.29, 1.82) is 0 Å². The van der Waals surface area contributed by atoms with Gasteiger partial charge in [-0.1, -0.05) is 33.6 Å². The maximum Gasteiger partial charge on any atom is 0.115 e. The molecule has 21 heavy (non-hydrogen) atoms. The second-order valence-electron chi connectivity index (χ2n) is 4.74. The lowest BCUT2D eigenvalue weighted by Crippen LogP contribution is -2.26. The van der Waals surface area contributed by atoms with Crippen LogP contribution in [0.25, 0.3) is 0 Å². The molecule has 1 aromatic carbocycles. The summed E-state index contributed by atoms with van der Waals surface area (Å²) in [5, 5.41) is 5.28. The lowest BCUT2D eigenvalue weighted by atomic mass is 10.1. The topological polar surface area (TPSA) is 34.1 Å². The fraction of sp³-hybridized carbons (Fsp3) is 0.400. The highest BCUT2D eigenvalue weighted by molar-refractivity contribution is 9.10. The van der Waals surface area contributed by atoms with E-state index in [0.29, 0.717) is 11.6 Å². The third-order valence-electron chi connectivity index (χ3n) is 3.22. The number of ether oxygens (including phenoxy) is 1. The van der Waals surface area contributed by atoms with E-state index in [1.807, 2.05) is 25.1 Å². The van der Waals surface area contributed by atoms with Gasteiger partial charge in [-0.05, 0) is 31.5 Å². The van der Waals surface area contributed by atoms with Crippen molar-refractivity contribution in [1.82, 2.24) is 10.3 Å². The van der Waals surface area contributed by atoms with Crippen LogP contribution in [-0.2, 0) is 4.74 Å². The van der Waals surface area contributed by atoms with Gasteiger partial charge in [0.1, 0.15) is 5.01 Å². The zero-order valence-electron chi connectivity index (χ0n) is 12.2. The van der Waals surface area contributed by atoms with Crippen LogP contribution in [-0.4, -0.2) is 25.2 Å². The summed E-state index contributed by atoms with van der Waals surface area (Å²) in [7, 11) is 1.70. The minimum atomic E-state index is 0.0317. The summed E-state index contributed by atoms with van der Waals surface area (Å²) in [6.45, 7) is 5.55. The summed E-state index contributed by atoms with van der Waals surface area (Å²) in [5.41, 5.74) is 2.21. The molecule has 1 N–H and O–H groups in total. The Hall–Kier alpha value is -0.460. The van der Waals surface area contributed by atoms with Crippen molar-refractivity contribution in [3.63, 3.8) is 0 Å². The Balaban J connectivity index is 2.35. The van der Waals surface area contributed by atoms with Crippen molar-refractivity contribution in [3.8, 4) is 0 Å². The summed E-state index contributed by atoms with van der Waals surface area (Å²) >= 11 is 11.4. The number of nitrogens with zero attached hydrogens (tertiary/aromatic N) is 1. The summed E-state index contributed by atoms with van der Waals surface area (Å²) in [5.74, 6) is 0. The highest BCUT2D eigenvalue weighted by atomic mass is 79.9. The highest BCUT2D eigenvalue weighted by Gasteiger charge is 2.20. The summed E-state index contributed by atoms with van der Waals surface area (Å²) < 4.78 is 6.11. The van der Waals surface area contributed by atoms with Gasteiger partial charge in [-0.25, -0.2) is 4.98 Å². The van der Waals surface area contributed by atoms with Crippen LogP contribution in [0.3, 0.4) is 0 Å². The molecule has 0 saturated heterocycles. The maximum atomic E-state index is 6.04. The Labute approximate surface area is 142 Å². The SMILES string of the molecule is COCCNC(c1nc(C)c(C)s1)c1ccc(Cl)cc1Br. The van der Waals surface area contributed by atoms with Crippen LogP contribution >= 0.6 is 38.9 Å². The second kappa shape index (κ2) is 7.70. The molecular weight excluding hydrogens is 372 g/mol. The van der Waals surface area contributed by atoms with E-state index in [1.54, 1.807) is 18.4 Å². The zero-order chi connectivity index (χ0) is 15.4. The molecule has 0 aliphatic heterocycles. The van der Waals surface area contributed by atoms with Gasteiger partial charge in [-0.2, -0.15) is 0 Å². The second-order valence-corrected chi connectivity index (χ2v) is 7.27. The molecule has 6 heteroatoms. The highest BCUT2D eigenvalue weighted by Crippen LogP contribution is 2.33. The third kappa shape index (κ3) is 4.27. The molecule has 114 valence electrons. The normalized spacial score (nSPS) is 12.6. The number of hydrogen-bond acceptors (Lipinski definition) is 4. The Morgan fingerprint density at radius 3 is 2.76 bits per heavy atom. The average Bonchev–Trinajstić information content (AvgIpc) is 2.76. The van der Waals surface area contributed by atoms with Crippen molar-refractivity contribution >= 4 is 38.9 Å². The molecule has 1 aromatic heterocycles.